The highest BCUT2D eigenvalue weighted by atomic mass is 14.3. The van der Waals surface area contributed by atoms with Crippen LogP contribution in [-0.4, -0.2) is 0 Å². The Balaban J connectivity index is 2.56. The molecule has 1 heteroatoms. The van der Waals surface area contributed by atoms with Gasteiger partial charge in [0.1, 0.15) is 0 Å². The van der Waals surface area contributed by atoms with Gasteiger partial charge in [-0.15, -0.1) is 0 Å². The van der Waals surface area contributed by atoms with Gasteiger partial charge in [0.15, 0.2) is 0 Å². The van der Waals surface area contributed by atoms with E-state index in [2.05, 4.69) is 19.6 Å². The second kappa shape index (κ2) is 3.39. The maximum Gasteiger partial charge on any atom is 0.0943 e. The van der Waals surface area contributed by atoms with E-state index in [-0.39, 0.29) is 0 Å². The fraction of sp³-hybridized carbons (Fsp3) is 0.500. The second-order valence-corrected chi connectivity index (χ2v) is 3.16. The lowest BCUT2D eigenvalue weighted by molar-refractivity contribution is 0.546. The molecule has 1 aliphatic rings. The van der Waals surface area contributed by atoms with Gasteiger partial charge < -0.3 is 0 Å². The van der Waals surface area contributed by atoms with Crippen molar-refractivity contribution in [3.8, 4) is 6.07 Å². The van der Waals surface area contributed by atoms with Crippen molar-refractivity contribution in [3.63, 3.8) is 0 Å². The lowest BCUT2D eigenvalue weighted by atomic mass is 9.86. The number of rotatable bonds is 1. The van der Waals surface area contributed by atoms with Crippen molar-refractivity contribution in [3.05, 3.63) is 23.8 Å². The first-order valence-corrected chi connectivity index (χ1v) is 3.98. The Bertz CT molecular complexity index is 230. The van der Waals surface area contributed by atoms with Crippen LogP contribution in [0.5, 0.6) is 0 Å². The van der Waals surface area contributed by atoms with Gasteiger partial charge in [0.05, 0.1) is 6.07 Å². The Morgan fingerprint density at radius 3 is 2.91 bits per heavy atom. The van der Waals surface area contributed by atoms with Crippen molar-refractivity contribution in [2.45, 2.75) is 26.2 Å². The molecule has 0 aromatic carbocycles. The third kappa shape index (κ3) is 1.94. The van der Waals surface area contributed by atoms with Crippen LogP contribution in [0, 0.1) is 17.2 Å². The van der Waals surface area contributed by atoms with E-state index in [1.807, 2.05) is 6.08 Å². The first kappa shape index (κ1) is 8.07. The zero-order valence-corrected chi connectivity index (χ0v) is 6.93. The Kier molecular flexibility index (Phi) is 2.48. The van der Waals surface area contributed by atoms with Crippen LogP contribution < -0.4 is 0 Å². The number of hydrogen-bond acceptors (Lipinski definition) is 1. The van der Waals surface area contributed by atoms with Crippen molar-refractivity contribution < 1.29 is 0 Å². The van der Waals surface area contributed by atoms with Crippen LogP contribution in [0.15, 0.2) is 23.8 Å². The fourth-order valence-electron chi connectivity index (χ4n) is 1.38. The van der Waals surface area contributed by atoms with E-state index in [1.165, 1.54) is 5.57 Å². The van der Waals surface area contributed by atoms with E-state index in [0.29, 0.717) is 5.92 Å². The van der Waals surface area contributed by atoms with Crippen molar-refractivity contribution in [1.82, 2.24) is 0 Å². The number of nitrogens with zero attached hydrogens (tertiary/aromatic N) is 1. The molecule has 1 rings (SSSR count). The van der Waals surface area contributed by atoms with E-state index >= 15 is 0 Å². The number of hydrogen-bond donors (Lipinski definition) is 0. The molecule has 1 unspecified atom stereocenters. The quantitative estimate of drug-likeness (QED) is 0.523. The molecule has 0 fully saturated rings. The van der Waals surface area contributed by atoms with Crippen molar-refractivity contribution >= 4 is 0 Å². The van der Waals surface area contributed by atoms with Gasteiger partial charge in [-0.2, -0.15) is 5.26 Å². The highest BCUT2D eigenvalue weighted by Crippen LogP contribution is 2.27. The maximum atomic E-state index is 8.58. The second-order valence-electron chi connectivity index (χ2n) is 3.16. The molecule has 1 atom stereocenters. The number of allylic oxidation sites excluding steroid dienone is 3. The Morgan fingerprint density at radius 1 is 1.82 bits per heavy atom. The minimum Gasteiger partial charge on any atom is -0.193 e. The summed E-state index contributed by atoms with van der Waals surface area (Å²) < 4.78 is 0. The molecule has 11 heavy (non-hydrogen) atoms. The smallest absolute Gasteiger partial charge is 0.0943 e. The lowest BCUT2D eigenvalue weighted by Gasteiger charge is -2.18. The Morgan fingerprint density at radius 2 is 2.55 bits per heavy atom. The fourth-order valence-corrected chi connectivity index (χ4v) is 1.38. The van der Waals surface area contributed by atoms with Gasteiger partial charge in [-0.1, -0.05) is 18.2 Å². The van der Waals surface area contributed by atoms with Crippen LogP contribution in [0.1, 0.15) is 26.2 Å². The molecule has 0 N–H and O–H groups in total. The largest absolute Gasteiger partial charge is 0.193 e. The molecule has 1 aliphatic carbocycles. The summed E-state index contributed by atoms with van der Waals surface area (Å²) in [6, 6.07) is 2.19. The zero-order valence-electron chi connectivity index (χ0n) is 6.93. The Labute approximate surface area is 68.0 Å². The molecular formula is C10H13N. The number of nitriles is 1. The van der Waals surface area contributed by atoms with Crippen LogP contribution in [0.4, 0.5) is 0 Å². The molecule has 0 saturated heterocycles. The molecule has 0 bridgehead atoms. The predicted molar refractivity (Wildman–Crippen MR) is 45.9 cm³/mol. The Hall–Kier alpha value is -1.03. The summed E-state index contributed by atoms with van der Waals surface area (Å²) in [5.41, 5.74) is 2.20. The van der Waals surface area contributed by atoms with E-state index in [4.69, 9.17) is 5.26 Å². The van der Waals surface area contributed by atoms with Crippen LogP contribution in [-0.2, 0) is 0 Å². The topological polar surface area (TPSA) is 23.8 Å². The summed E-state index contributed by atoms with van der Waals surface area (Å²) >= 11 is 0. The summed E-state index contributed by atoms with van der Waals surface area (Å²) in [6.45, 7) is 5.98. The summed E-state index contributed by atoms with van der Waals surface area (Å²) in [5, 5.41) is 8.58. The minimum atomic E-state index is 0.618. The van der Waals surface area contributed by atoms with Gasteiger partial charge in [0.25, 0.3) is 0 Å². The van der Waals surface area contributed by atoms with Gasteiger partial charge in [-0.3, -0.25) is 0 Å². The summed E-state index contributed by atoms with van der Waals surface area (Å²) in [6.07, 6.45) is 5.10. The molecule has 0 aliphatic heterocycles. The highest BCUT2D eigenvalue weighted by molar-refractivity contribution is 5.24. The molecule has 0 amide bonds. The monoisotopic (exact) mass is 147 g/mol. The molecule has 0 spiro atoms. The molecule has 0 heterocycles. The van der Waals surface area contributed by atoms with Crippen LogP contribution in [0.3, 0.4) is 0 Å². The summed E-state index contributed by atoms with van der Waals surface area (Å²) in [7, 11) is 0. The molecule has 1 nitrogen and oxygen atoms in total. The summed E-state index contributed by atoms with van der Waals surface area (Å²) in [4.78, 5) is 0. The van der Waals surface area contributed by atoms with Gasteiger partial charge in [-0.05, 0) is 32.1 Å². The van der Waals surface area contributed by atoms with Gasteiger partial charge >= 0.3 is 0 Å². The SMILES string of the molecule is C=C(C)C1CC=C(C#N)CC1. The van der Waals surface area contributed by atoms with Gasteiger partial charge in [-0.25, -0.2) is 0 Å². The zero-order chi connectivity index (χ0) is 8.27. The molecule has 0 aromatic rings. The van der Waals surface area contributed by atoms with E-state index in [9.17, 15) is 0 Å². The minimum absolute atomic E-state index is 0.618. The van der Waals surface area contributed by atoms with Crippen molar-refractivity contribution in [2.24, 2.45) is 5.92 Å². The van der Waals surface area contributed by atoms with Gasteiger partial charge in [0, 0.05) is 5.57 Å². The van der Waals surface area contributed by atoms with Crippen molar-refractivity contribution in [1.29, 1.82) is 5.26 Å². The lowest BCUT2D eigenvalue weighted by Crippen LogP contribution is -2.05. The molecule has 0 aromatic heterocycles. The average molecular weight is 147 g/mol. The molecule has 0 radical (unpaired) electrons. The third-order valence-electron chi connectivity index (χ3n) is 2.25. The predicted octanol–water partition coefficient (Wildman–Crippen LogP) is 2.81. The highest BCUT2D eigenvalue weighted by Gasteiger charge is 2.13. The molecular weight excluding hydrogens is 134 g/mol. The maximum absolute atomic E-state index is 8.58. The first-order chi connectivity index (χ1) is 5.24. The van der Waals surface area contributed by atoms with Crippen LogP contribution in [0.2, 0.25) is 0 Å². The first-order valence-electron chi connectivity index (χ1n) is 3.98. The molecule has 58 valence electrons. The standard InChI is InChI=1S/C10H13N/c1-8(2)10-5-3-9(7-11)4-6-10/h3,10H,1,4-6H2,2H3. The van der Waals surface area contributed by atoms with Crippen LogP contribution >= 0.6 is 0 Å². The molecule has 0 saturated carbocycles. The third-order valence-corrected chi connectivity index (χ3v) is 2.25. The van der Waals surface area contributed by atoms with Gasteiger partial charge in [0.2, 0.25) is 0 Å². The van der Waals surface area contributed by atoms with E-state index in [0.717, 1.165) is 24.8 Å². The van der Waals surface area contributed by atoms with E-state index in [1.54, 1.807) is 0 Å². The average Bonchev–Trinajstić information content (AvgIpc) is 2.05. The van der Waals surface area contributed by atoms with Crippen molar-refractivity contribution in [2.75, 3.05) is 0 Å². The van der Waals surface area contributed by atoms with E-state index < -0.39 is 0 Å². The van der Waals surface area contributed by atoms with Crippen LogP contribution in [0.25, 0.3) is 0 Å². The summed E-state index contributed by atoms with van der Waals surface area (Å²) in [5.74, 6) is 0.618. The normalized spacial score (nSPS) is 23.6.